The first-order chi connectivity index (χ1) is 16.4. The number of unbranched alkanes of at least 4 members (excludes halogenated alkanes) is 2. The number of rotatable bonds is 12. The molecule has 1 aliphatic rings. The Bertz CT molecular complexity index is 888. The number of imidazole rings is 2. The third-order valence-corrected chi connectivity index (χ3v) is 6.99. The lowest BCUT2D eigenvalue weighted by Gasteiger charge is -2.27. The van der Waals surface area contributed by atoms with Crippen molar-refractivity contribution in [2.75, 3.05) is 13.1 Å². The van der Waals surface area contributed by atoms with E-state index in [4.69, 9.17) is 0 Å². The highest BCUT2D eigenvalue weighted by molar-refractivity contribution is 5.85. The first kappa shape index (κ1) is 26.0. The van der Waals surface area contributed by atoms with Gasteiger partial charge in [-0.05, 0) is 50.4 Å². The molecule has 0 unspecified atom stereocenters. The Balaban J connectivity index is 1.51. The average Bonchev–Trinajstić information content (AvgIpc) is 3.40. The molecule has 0 N–H and O–H groups in total. The van der Waals surface area contributed by atoms with Crippen LogP contribution in [0.15, 0.2) is 34.8 Å². The highest BCUT2D eigenvalue weighted by Crippen LogP contribution is 2.29. The van der Waals surface area contributed by atoms with Crippen molar-refractivity contribution in [1.82, 2.24) is 9.13 Å². The highest BCUT2D eigenvalue weighted by atomic mass is 16.3. The van der Waals surface area contributed by atoms with E-state index < -0.39 is 0 Å². The Kier molecular flexibility index (Phi) is 9.72. The quantitative estimate of drug-likeness (QED) is 0.266. The lowest BCUT2D eigenvalue weighted by molar-refractivity contribution is -0.674. The van der Waals surface area contributed by atoms with Crippen molar-refractivity contribution < 1.29 is 19.3 Å². The van der Waals surface area contributed by atoms with E-state index in [9.17, 15) is 10.2 Å². The molecule has 2 aromatic heterocycles. The van der Waals surface area contributed by atoms with Crippen molar-refractivity contribution in [2.45, 2.75) is 78.3 Å². The summed E-state index contributed by atoms with van der Waals surface area (Å²) in [5, 5.41) is 25.5. The molecule has 2 aromatic rings. The van der Waals surface area contributed by atoms with Crippen molar-refractivity contribution in [3.8, 4) is 0 Å². The topological polar surface area (TPSA) is 88.5 Å². The van der Waals surface area contributed by atoms with Crippen LogP contribution in [0.4, 0.5) is 0 Å². The smallest absolute Gasteiger partial charge is 0.291 e. The van der Waals surface area contributed by atoms with Crippen LogP contribution in [0, 0.1) is 11.8 Å². The summed E-state index contributed by atoms with van der Waals surface area (Å²) >= 11 is 0. The first-order valence-electron chi connectivity index (χ1n) is 13.0. The highest BCUT2D eigenvalue weighted by Gasteiger charge is 2.22. The van der Waals surface area contributed by atoms with Crippen molar-refractivity contribution in [3.05, 3.63) is 36.4 Å². The predicted molar refractivity (Wildman–Crippen MR) is 129 cm³/mol. The second-order valence-electron chi connectivity index (χ2n) is 9.74. The standard InChI is InChI=1S/C26H42N6O2/c1-5-7-13-31-17-15-29(3)25(31)23(33)27-19-21-9-11-22(12-10-21)20-28-24(34)26-30(4)16-18-32(26)14-8-6-2/h15-18,21-22H,5-14,19-20H2,1-4H3. The molecule has 0 aliphatic heterocycles. The fraction of sp³-hybridized carbons (Fsp3) is 0.692. The van der Waals surface area contributed by atoms with Crippen molar-refractivity contribution in [1.29, 1.82) is 0 Å². The molecule has 8 nitrogen and oxygen atoms in total. The summed E-state index contributed by atoms with van der Waals surface area (Å²) in [5.74, 6) is 1.96. The SMILES string of the molecule is CCCCn1cc[n+](C)c1C([O-])=NCC1CCC(CN=C([O-])c2n(CCCC)cc[n+]2C)CC1. The van der Waals surface area contributed by atoms with Gasteiger partial charge in [-0.1, -0.05) is 26.7 Å². The normalized spacial score (nSPS) is 19.6. The van der Waals surface area contributed by atoms with E-state index in [1.54, 1.807) is 0 Å². The second-order valence-corrected chi connectivity index (χ2v) is 9.74. The fourth-order valence-corrected chi connectivity index (χ4v) is 4.78. The molecule has 2 heterocycles. The summed E-state index contributed by atoms with van der Waals surface area (Å²) in [5.41, 5.74) is 0. The Morgan fingerprint density at radius 3 is 1.53 bits per heavy atom. The Morgan fingerprint density at radius 1 is 0.794 bits per heavy atom. The van der Waals surface area contributed by atoms with Crippen molar-refractivity contribution in [2.24, 2.45) is 35.9 Å². The summed E-state index contributed by atoms with van der Waals surface area (Å²) in [6.07, 6.45) is 16.2. The average molecular weight is 471 g/mol. The number of aryl methyl sites for hydroxylation is 4. The van der Waals surface area contributed by atoms with E-state index in [1.165, 1.54) is 0 Å². The third-order valence-electron chi connectivity index (χ3n) is 6.99. The molecule has 1 aliphatic carbocycles. The van der Waals surface area contributed by atoms with Crippen LogP contribution >= 0.6 is 0 Å². The lowest BCUT2D eigenvalue weighted by Crippen LogP contribution is -2.40. The summed E-state index contributed by atoms with van der Waals surface area (Å²) in [6, 6.07) is 0. The van der Waals surface area contributed by atoms with Crippen LogP contribution < -0.4 is 19.3 Å². The Morgan fingerprint density at radius 2 is 1.18 bits per heavy atom. The summed E-state index contributed by atoms with van der Waals surface area (Å²) in [7, 11) is 3.81. The first-order valence-corrected chi connectivity index (χ1v) is 13.0. The van der Waals surface area contributed by atoms with Gasteiger partial charge < -0.3 is 10.2 Å². The van der Waals surface area contributed by atoms with Gasteiger partial charge >= 0.3 is 0 Å². The maximum absolute atomic E-state index is 12.8. The third kappa shape index (κ3) is 6.70. The van der Waals surface area contributed by atoms with Gasteiger partial charge in [0.05, 0.1) is 39.0 Å². The van der Waals surface area contributed by atoms with Crippen LogP contribution in [0.5, 0.6) is 0 Å². The fourth-order valence-electron chi connectivity index (χ4n) is 4.78. The molecule has 3 rings (SSSR count). The summed E-state index contributed by atoms with van der Waals surface area (Å²) in [6.45, 7) is 7.18. The second kappa shape index (κ2) is 12.7. The molecule has 34 heavy (non-hydrogen) atoms. The zero-order valence-electron chi connectivity index (χ0n) is 21.4. The molecule has 0 atom stereocenters. The molecule has 1 saturated carbocycles. The van der Waals surface area contributed by atoms with Crippen LogP contribution in [0.2, 0.25) is 0 Å². The van der Waals surface area contributed by atoms with Gasteiger partial charge in [-0.25, -0.2) is 18.3 Å². The van der Waals surface area contributed by atoms with Gasteiger partial charge in [0.15, 0.2) is 0 Å². The summed E-state index contributed by atoms with van der Waals surface area (Å²) < 4.78 is 7.78. The van der Waals surface area contributed by atoms with Crippen LogP contribution in [0.3, 0.4) is 0 Å². The number of aromatic nitrogens is 4. The van der Waals surface area contributed by atoms with Crippen LogP contribution in [-0.2, 0) is 27.2 Å². The number of hydrogen-bond donors (Lipinski definition) is 0. The minimum absolute atomic E-state index is 0.120. The molecule has 0 saturated heterocycles. The van der Waals surface area contributed by atoms with Crippen LogP contribution in [0.1, 0.15) is 76.9 Å². The Hall–Kier alpha value is -2.64. The number of hydrogen-bond acceptors (Lipinski definition) is 4. The molecular formula is C26H42N6O2. The monoisotopic (exact) mass is 470 g/mol. The van der Waals surface area contributed by atoms with E-state index in [2.05, 4.69) is 23.8 Å². The van der Waals surface area contributed by atoms with Gasteiger partial charge in [-0.2, -0.15) is 0 Å². The van der Waals surface area contributed by atoms with Gasteiger partial charge in [-0.3, -0.25) is 9.98 Å². The molecule has 0 bridgehead atoms. The molecule has 188 valence electrons. The maximum atomic E-state index is 12.8. The zero-order valence-corrected chi connectivity index (χ0v) is 21.4. The molecular weight excluding hydrogens is 428 g/mol. The van der Waals surface area contributed by atoms with Gasteiger partial charge in [0, 0.05) is 13.1 Å². The Labute approximate surface area is 204 Å². The maximum Gasteiger partial charge on any atom is 0.291 e. The zero-order chi connectivity index (χ0) is 24.5. The van der Waals surface area contributed by atoms with Gasteiger partial charge in [0.25, 0.3) is 11.6 Å². The largest absolute Gasteiger partial charge is 0.853 e. The van der Waals surface area contributed by atoms with Gasteiger partial charge in [0.1, 0.15) is 24.8 Å². The molecule has 0 radical (unpaired) electrons. The van der Waals surface area contributed by atoms with Crippen LogP contribution in [-0.4, -0.2) is 34.0 Å². The van der Waals surface area contributed by atoms with E-state index in [0.717, 1.165) is 64.5 Å². The minimum Gasteiger partial charge on any atom is -0.853 e. The molecule has 0 aromatic carbocycles. The van der Waals surface area contributed by atoms with Gasteiger partial charge in [-0.15, -0.1) is 0 Å². The molecule has 0 amide bonds. The summed E-state index contributed by atoms with van der Waals surface area (Å²) in [4.78, 5) is 8.87. The van der Waals surface area contributed by atoms with Crippen molar-refractivity contribution >= 4 is 11.8 Å². The predicted octanol–water partition coefficient (Wildman–Crippen LogP) is 1.26. The van der Waals surface area contributed by atoms with Gasteiger partial charge in [0.2, 0.25) is 0 Å². The van der Waals surface area contributed by atoms with Crippen molar-refractivity contribution in [3.63, 3.8) is 0 Å². The van der Waals surface area contributed by atoms with E-state index in [-0.39, 0.29) is 11.8 Å². The van der Waals surface area contributed by atoms with E-state index in [0.29, 0.717) is 36.6 Å². The minimum atomic E-state index is -0.120. The lowest BCUT2D eigenvalue weighted by atomic mass is 9.82. The van der Waals surface area contributed by atoms with E-state index in [1.807, 2.05) is 57.2 Å². The van der Waals surface area contributed by atoms with Crippen LogP contribution in [0.25, 0.3) is 0 Å². The van der Waals surface area contributed by atoms with E-state index >= 15 is 0 Å². The number of aliphatic imine (C=N–C) groups is 2. The number of nitrogens with zero attached hydrogens (tertiary/aromatic N) is 6. The molecule has 0 spiro atoms. The molecule has 1 fully saturated rings. The molecule has 8 heteroatoms.